The molecule has 3 atom stereocenters. The zero-order chi connectivity index (χ0) is 19.6. The lowest BCUT2D eigenvalue weighted by atomic mass is 9.90. The number of hydrogen-bond acceptors (Lipinski definition) is 3. The first kappa shape index (κ1) is 19.0. The molecule has 4 rings (SSSR count). The lowest BCUT2D eigenvalue weighted by molar-refractivity contribution is -0.123. The van der Waals surface area contributed by atoms with Gasteiger partial charge in [0, 0.05) is 10.9 Å². The van der Waals surface area contributed by atoms with Crippen LogP contribution in [0.1, 0.15) is 43.7 Å². The van der Waals surface area contributed by atoms with E-state index in [1.165, 1.54) is 19.3 Å². The van der Waals surface area contributed by atoms with E-state index in [-0.39, 0.29) is 17.2 Å². The van der Waals surface area contributed by atoms with E-state index in [1.54, 1.807) is 6.21 Å². The van der Waals surface area contributed by atoms with Crippen molar-refractivity contribution in [2.75, 3.05) is 0 Å². The summed E-state index contributed by atoms with van der Waals surface area (Å²) in [5.41, 5.74) is 4.92. The maximum absolute atomic E-state index is 12.4. The number of halogens is 1. The van der Waals surface area contributed by atoms with Crippen LogP contribution in [-0.4, -0.2) is 12.1 Å². The van der Waals surface area contributed by atoms with Gasteiger partial charge in [-0.15, -0.1) is 0 Å². The molecule has 4 nitrogen and oxygen atoms in total. The number of hydrazone groups is 1. The largest absolute Gasteiger partial charge is 0.489 e. The van der Waals surface area contributed by atoms with Crippen LogP contribution in [0.25, 0.3) is 0 Å². The molecular formula is C23H25ClN2O2. The summed E-state index contributed by atoms with van der Waals surface area (Å²) < 4.78 is 5.78. The second-order valence-corrected chi connectivity index (χ2v) is 8.49. The number of carbonyl (C=O) groups is 1. The molecule has 2 saturated carbocycles. The molecule has 0 heterocycles. The molecular weight excluding hydrogens is 372 g/mol. The Balaban J connectivity index is 1.26. The molecule has 1 N–H and O–H groups in total. The van der Waals surface area contributed by atoms with Crippen molar-refractivity contribution in [2.45, 2.75) is 39.2 Å². The molecule has 2 aromatic carbocycles. The summed E-state index contributed by atoms with van der Waals surface area (Å²) in [5.74, 6) is 1.53. The van der Waals surface area contributed by atoms with Crippen molar-refractivity contribution in [3.8, 4) is 5.75 Å². The fourth-order valence-corrected chi connectivity index (χ4v) is 4.61. The minimum Gasteiger partial charge on any atom is -0.489 e. The van der Waals surface area contributed by atoms with E-state index in [9.17, 15) is 4.79 Å². The minimum absolute atomic E-state index is 0.0635. The van der Waals surface area contributed by atoms with Gasteiger partial charge in [-0.05, 0) is 71.7 Å². The van der Waals surface area contributed by atoms with Gasteiger partial charge in [-0.3, -0.25) is 4.79 Å². The Morgan fingerprint density at radius 2 is 1.96 bits per heavy atom. The van der Waals surface area contributed by atoms with Crippen molar-refractivity contribution in [2.24, 2.45) is 22.4 Å². The lowest BCUT2D eigenvalue weighted by Gasteiger charge is -2.15. The Bertz CT molecular complexity index is 863. The number of fused-ring (bicyclic) bond motifs is 1. The van der Waals surface area contributed by atoms with E-state index in [1.807, 2.05) is 48.5 Å². The van der Waals surface area contributed by atoms with Crippen LogP contribution >= 0.6 is 11.6 Å². The van der Waals surface area contributed by atoms with Crippen molar-refractivity contribution < 1.29 is 9.53 Å². The predicted molar refractivity (Wildman–Crippen MR) is 112 cm³/mol. The number of hydrogen-bond donors (Lipinski definition) is 1. The van der Waals surface area contributed by atoms with Crippen molar-refractivity contribution in [1.82, 2.24) is 5.43 Å². The van der Waals surface area contributed by atoms with E-state index in [0.29, 0.717) is 17.5 Å². The third-order valence-electron chi connectivity index (χ3n) is 6.20. The van der Waals surface area contributed by atoms with Gasteiger partial charge in [-0.2, -0.15) is 5.10 Å². The molecule has 0 radical (unpaired) electrons. The van der Waals surface area contributed by atoms with Crippen LogP contribution in [-0.2, 0) is 11.4 Å². The number of carbonyl (C=O) groups excluding carboxylic acids is 1. The molecule has 0 bridgehead atoms. The second-order valence-electron chi connectivity index (χ2n) is 8.05. The summed E-state index contributed by atoms with van der Waals surface area (Å²) in [5, 5.41) is 4.86. The average molecular weight is 397 g/mol. The van der Waals surface area contributed by atoms with Crippen LogP contribution in [0.2, 0.25) is 5.02 Å². The number of ether oxygens (including phenoxy) is 1. The van der Waals surface area contributed by atoms with Gasteiger partial charge in [0.1, 0.15) is 12.4 Å². The van der Waals surface area contributed by atoms with E-state index < -0.39 is 0 Å². The highest BCUT2D eigenvalue weighted by Gasteiger charge is 2.64. The van der Waals surface area contributed by atoms with Crippen LogP contribution in [0.15, 0.2) is 53.6 Å². The number of benzene rings is 2. The van der Waals surface area contributed by atoms with Crippen LogP contribution < -0.4 is 10.2 Å². The van der Waals surface area contributed by atoms with Gasteiger partial charge in [-0.1, -0.05) is 43.5 Å². The van der Waals surface area contributed by atoms with E-state index in [2.05, 4.69) is 17.5 Å². The van der Waals surface area contributed by atoms with Crippen LogP contribution in [0.3, 0.4) is 0 Å². The zero-order valence-electron chi connectivity index (χ0n) is 16.0. The first-order valence-corrected chi connectivity index (χ1v) is 10.2. The molecule has 0 aliphatic heterocycles. The lowest BCUT2D eigenvalue weighted by Crippen LogP contribution is -2.22. The quantitative estimate of drug-likeness (QED) is 0.539. The van der Waals surface area contributed by atoms with Gasteiger partial charge in [0.2, 0.25) is 5.91 Å². The van der Waals surface area contributed by atoms with Gasteiger partial charge < -0.3 is 4.74 Å². The Kier molecular flexibility index (Phi) is 5.40. The number of rotatable bonds is 6. The third-order valence-corrected chi connectivity index (χ3v) is 6.45. The monoisotopic (exact) mass is 396 g/mol. The first-order valence-electron chi connectivity index (χ1n) is 9.86. The minimum atomic E-state index is 0.0635. The maximum Gasteiger partial charge on any atom is 0.244 e. The highest BCUT2D eigenvalue weighted by Crippen LogP contribution is 2.66. The zero-order valence-corrected chi connectivity index (χ0v) is 16.8. The molecule has 0 unspecified atom stereocenters. The van der Waals surface area contributed by atoms with Crippen LogP contribution in [0, 0.1) is 17.3 Å². The molecule has 1 amide bonds. The van der Waals surface area contributed by atoms with Crippen molar-refractivity contribution in [3.63, 3.8) is 0 Å². The van der Waals surface area contributed by atoms with E-state index in [4.69, 9.17) is 16.3 Å². The molecule has 5 heteroatoms. The number of amides is 1. The van der Waals surface area contributed by atoms with Gasteiger partial charge in [-0.25, -0.2) is 5.43 Å². The Morgan fingerprint density at radius 1 is 1.21 bits per heavy atom. The Labute approximate surface area is 170 Å². The predicted octanol–water partition coefficient (Wildman–Crippen LogP) is 5.20. The summed E-state index contributed by atoms with van der Waals surface area (Å²) in [6.45, 7) is 2.73. The normalized spacial score (nSPS) is 25.9. The Morgan fingerprint density at radius 3 is 2.64 bits per heavy atom. The average Bonchev–Trinajstić information content (AvgIpc) is 3.34. The maximum atomic E-state index is 12.4. The second kappa shape index (κ2) is 7.96. The van der Waals surface area contributed by atoms with Crippen molar-refractivity contribution in [1.29, 1.82) is 0 Å². The molecule has 28 heavy (non-hydrogen) atoms. The van der Waals surface area contributed by atoms with Crippen LogP contribution in [0.5, 0.6) is 5.75 Å². The molecule has 0 spiro atoms. The molecule has 2 aliphatic carbocycles. The smallest absolute Gasteiger partial charge is 0.244 e. The van der Waals surface area contributed by atoms with E-state index >= 15 is 0 Å². The summed E-state index contributed by atoms with van der Waals surface area (Å²) in [7, 11) is 0. The summed E-state index contributed by atoms with van der Waals surface area (Å²) >= 11 is 5.89. The fraction of sp³-hybridized carbons (Fsp3) is 0.391. The number of nitrogens with one attached hydrogen (secondary N) is 1. The van der Waals surface area contributed by atoms with E-state index in [0.717, 1.165) is 23.3 Å². The van der Waals surface area contributed by atoms with Crippen LogP contribution in [0.4, 0.5) is 0 Å². The molecule has 2 fully saturated rings. The Hall–Kier alpha value is -2.33. The number of nitrogens with zero attached hydrogens (tertiary/aromatic N) is 1. The molecule has 0 aromatic heterocycles. The molecule has 2 aliphatic rings. The third kappa shape index (κ3) is 4.07. The highest BCUT2D eigenvalue weighted by atomic mass is 35.5. The fourth-order valence-electron chi connectivity index (χ4n) is 4.49. The van der Waals surface area contributed by atoms with Gasteiger partial charge in [0.05, 0.1) is 6.21 Å². The SMILES string of the molecule is C[C@]12CCCC[C@@H]1[C@H]2C(=O)N/N=C/c1ccc(OCc2ccc(Cl)cc2)cc1. The molecule has 2 aromatic rings. The van der Waals surface area contributed by atoms with Crippen molar-refractivity contribution in [3.05, 3.63) is 64.7 Å². The van der Waals surface area contributed by atoms with Crippen molar-refractivity contribution >= 4 is 23.7 Å². The summed E-state index contributed by atoms with van der Waals surface area (Å²) in [6, 6.07) is 15.2. The summed E-state index contributed by atoms with van der Waals surface area (Å²) in [6.07, 6.45) is 6.51. The van der Waals surface area contributed by atoms with Gasteiger partial charge >= 0.3 is 0 Å². The standard InChI is InChI=1S/C23H25ClN2O2/c1-23-13-3-2-4-20(23)21(23)22(27)26-25-14-16-7-11-19(12-8-16)28-15-17-5-9-18(24)10-6-17/h5-12,14,20-21H,2-4,13,15H2,1H3,(H,26,27)/b25-14+/t20-,21+,23+/m1/s1. The molecule has 0 saturated heterocycles. The van der Waals surface area contributed by atoms with Gasteiger partial charge in [0.15, 0.2) is 0 Å². The molecule has 146 valence electrons. The van der Waals surface area contributed by atoms with Gasteiger partial charge in [0.25, 0.3) is 0 Å². The first-order chi connectivity index (χ1) is 13.6. The summed E-state index contributed by atoms with van der Waals surface area (Å²) in [4.78, 5) is 12.4. The topological polar surface area (TPSA) is 50.7 Å². The highest BCUT2D eigenvalue weighted by molar-refractivity contribution is 6.30.